The predicted molar refractivity (Wildman–Crippen MR) is 91.7 cm³/mol. The van der Waals surface area contributed by atoms with Crippen LogP contribution in [0.3, 0.4) is 0 Å². The van der Waals surface area contributed by atoms with Crippen LogP contribution in [-0.2, 0) is 0 Å². The molecule has 2 heteroatoms. The van der Waals surface area contributed by atoms with Crippen LogP contribution in [-0.4, -0.2) is 31.1 Å². The molecule has 1 aliphatic rings. The van der Waals surface area contributed by atoms with E-state index in [2.05, 4.69) is 63.0 Å². The molecule has 1 N–H and O–H groups in total. The monoisotopic (exact) mass is 288 g/mol. The van der Waals surface area contributed by atoms with E-state index in [0.717, 1.165) is 24.9 Å². The zero-order valence-corrected chi connectivity index (χ0v) is 14.4. The summed E-state index contributed by atoms with van der Waals surface area (Å²) < 4.78 is 0. The second-order valence-electron chi connectivity index (χ2n) is 7.02. The molecule has 118 valence electrons. The van der Waals surface area contributed by atoms with Crippen LogP contribution in [0.5, 0.6) is 0 Å². The van der Waals surface area contributed by atoms with Gasteiger partial charge in [-0.2, -0.15) is 0 Å². The van der Waals surface area contributed by atoms with Crippen LogP contribution in [0.1, 0.15) is 49.9 Å². The number of aryl methyl sites for hydroxylation is 2. The zero-order valence-electron chi connectivity index (χ0n) is 14.4. The van der Waals surface area contributed by atoms with Crippen LogP contribution in [0.15, 0.2) is 18.2 Å². The van der Waals surface area contributed by atoms with Crippen molar-refractivity contribution >= 4 is 0 Å². The molecule has 1 saturated heterocycles. The van der Waals surface area contributed by atoms with Gasteiger partial charge in [0.15, 0.2) is 0 Å². The minimum atomic E-state index is 0.459. The Balaban J connectivity index is 2.07. The number of nitrogens with zero attached hydrogens (tertiary/aromatic N) is 1. The molecular formula is C19H32N2. The predicted octanol–water partition coefficient (Wildman–Crippen LogP) is 3.93. The Labute approximate surface area is 130 Å². The highest BCUT2D eigenvalue weighted by molar-refractivity contribution is 5.33. The second kappa shape index (κ2) is 7.42. The molecular weight excluding hydrogens is 256 g/mol. The molecule has 1 fully saturated rings. The van der Waals surface area contributed by atoms with Crippen molar-refractivity contribution < 1.29 is 0 Å². The van der Waals surface area contributed by atoms with Gasteiger partial charge in [0.05, 0.1) is 0 Å². The smallest absolute Gasteiger partial charge is 0.0451 e. The summed E-state index contributed by atoms with van der Waals surface area (Å²) in [6.45, 7) is 16.1. The summed E-state index contributed by atoms with van der Waals surface area (Å²) >= 11 is 0. The Morgan fingerprint density at radius 3 is 2.67 bits per heavy atom. The molecule has 2 nitrogen and oxygen atoms in total. The van der Waals surface area contributed by atoms with E-state index in [1.807, 2.05) is 0 Å². The summed E-state index contributed by atoms with van der Waals surface area (Å²) in [5, 5.41) is 3.70. The van der Waals surface area contributed by atoms with Crippen LogP contribution in [0, 0.1) is 25.7 Å². The molecule has 0 saturated carbocycles. The van der Waals surface area contributed by atoms with E-state index in [-0.39, 0.29) is 0 Å². The largest absolute Gasteiger partial charge is 0.309 e. The van der Waals surface area contributed by atoms with Gasteiger partial charge in [-0.3, -0.25) is 0 Å². The van der Waals surface area contributed by atoms with Crippen molar-refractivity contribution in [3.63, 3.8) is 0 Å². The fourth-order valence-electron chi connectivity index (χ4n) is 3.49. The third-order valence-corrected chi connectivity index (χ3v) is 4.95. The molecule has 2 unspecified atom stereocenters. The van der Waals surface area contributed by atoms with Crippen molar-refractivity contribution in [2.45, 2.75) is 47.1 Å². The van der Waals surface area contributed by atoms with Crippen molar-refractivity contribution in [1.29, 1.82) is 0 Å². The number of rotatable bonds is 6. The molecule has 1 aromatic carbocycles. The Kier molecular flexibility index (Phi) is 5.83. The van der Waals surface area contributed by atoms with Gasteiger partial charge in [0.2, 0.25) is 0 Å². The lowest BCUT2D eigenvalue weighted by Gasteiger charge is -2.27. The van der Waals surface area contributed by atoms with Crippen molar-refractivity contribution in [3.05, 3.63) is 34.9 Å². The lowest BCUT2D eigenvalue weighted by molar-refractivity contribution is 0.271. The van der Waals surface area contributed by atoms with E-state index in [4.69, 9.17) is 0 Å². The minimum absolute atomic E-state index is 0.459. The molecule has 1 aliphatic heterocycles. The van der Waals surface area contributed by atoms with Gasteiger partial charge < -0.3 is 10.2 Å². The fourth-order valence-corrected chi connectivity index (χ4v) is 3.49. The summed E-state index contributed by atoms with van der Waals surface area (Å²) in [7, 11) is 0. The lowest BCUT2D eigenvalue weighted by Crippen LogP contribution is -2.34. The first kappa shape index (κ1) is 16.5. The first-order chi connectivity index (χ1) is 10.0. The van der Waals surface area contributed by atoms with Crippen LogP contribution in [0.4, 0.5) is 0 Å². The fraction of sp³-hybridized carbons (Fsp3) is 0.684. The van der Waals surface area contributed by atoms with Crippen LogP contribution < -0.4 is 5.32 Å². The molecule has 0 radical (unpaired) electrons. The minimum Gasteiger partial charge on any atom is -0.309 e. The van der Waals surface area contributed by atoms with E-state index in [0.29, 0.717) is 6.04 Å². The summed E-state index contributed by atoms with van der Waals surface area (Å²) in [4.78, 5) is 2.65. The van der Waals surface area contributed by atoms with Gasteiger partial charge in [0, 0.05) is 19.1 Å². The second-order valence-corrected chi connectivity index (χ2v) is 7.02. The molecule has 1 aromatic rings. The van der Waals surface area contributed by atoms with Crippen LogP contribution in [0.2, 0.25) is 0 Å². The topological polar surface area (TPSA) is 15.3 Å². The van der Waals surface area contributed by atoms with Crippen molar-refractivity contribution in [2.75, 3.05) is 26.2 Å². The molecule has 21 heavy (non-hydrogen) atoms. The van der Waals surface area contributed by atoms with Gasteiger partial charge >= 0.3 is 0 Å². The summed E-state index contributed by atoms with van der Waals surface area (Å²) in [5.41, 5.74) is 4.25. The third-order valence-electron chi connectivity index (χ3n) is 4.95. The van der Waals surface area contributed by atoms with Crippen molar-refractivity contribution in [1.82, 2.24) is 10.2 Å². The van der Waals surface area contributed by atoms with Gasteiger partial charge in [-0.25, -0.2) is 0 Å². The van der Waals surface area contributed by atoms with Crippen LogP contribution in [0.25, 0.3) is 0 Å². The summed E-state index contributed by atoms with van der Waals surface area (Å²) in [6.07, 6.45) is 1.36. The van der Waals surface area contributed by atoms with Gasteiger partial charge in [-0.1, -0.05) is 44.5 Å². The first-order valence-electron chi connectivity index (χ1n) is 8.54. The van der Waals surface area contributed by atoms with Gasteiger partial charge in [0.1, 0.15) is 0 Å². The first-order valence-corrected chi connectivity index (χ1v) is 8.54. The number of nitrogens with one attached hydrogen (secondary N) is 1. The third kappa shape index (κ3) is 4.31. The van der Waals surface area contributed by atoms with Gasteiger partial charge in [-0.05, 0) is 56.3 Å². The van der Waals surface area contributed by atoms with Crippen LogP contribution >= 0.6 is 0 Å². The standard InChI is InChI=1S/C19H32N2/c1-6-20-19(18-11-15(4)7-8-16(18)5)13-21-10-9-17(12-21)14(2)3/h7-8,11,14,17,19-20H,6,9-10,12-13H2,1-5H3. The molecule has 0 aliphatic carbocycles. The Morgan fingerprint density at radius 2 is 2.05 bits per heavy atom. The number of hydrogen-bond donors (Lipinski definition) is 1. The highest BCUT2D eigenvalue weighted by Gasteiger charge is 2.27. The zero-order chi connectivity index (χ0) is 15.4. The lowest BCUT2D eigenvalue weighted by atomic mass is 9.95. The van der Waals surface area contributed by atoms with E-state index in [9.17, 15) is 0 Å². The quantitative estimate of drug-likeness (QED) is 0.853. The van der Waals surface area contributed by atoms with Crippen molar-refractivity contribution in [2.24, 2.45) is 11.8 Å². The maximum absolute atomic E-state index is 3.70. The number of likely N-dealkylation sites (N-methyl/N-ethyl adjacent to an activating group) is 1. The maximum Gasteiger partial charge on any atom is 0.0451 e. The normalized spacial score (nSPS) is 21.1. The molecule has 0 amide bonds. The number of likely N-dealkylation sites (tertiary alicyclic amines) is 1. The van der Waals surface area contributed by atoms with E-state index < -0.39 is 0 Å². The SMILES string of the molecule is CCNC(CN1CCC(C(C)C)C1)c1cc(C)ccc1C. The molecule has 2 atom stereocenters. The molecule has 1 heterocycles. The van der Waals surface area contributed by atoms with Gasteiger partial charge in [0.25, 0.3) is 0 Å². The van der Waals surface area contributed by atoms with E-state index >= 15 is 0 Å². The number of benzene rings is 1. The van der Waals surface area contributed by atoms with E-state index in [1.54, 1.807) is 0 Å². The molecule has 0 bridgehead atoms. The molecule has 2 rings (SSSR count). The van der Waals surface area contributed by atoms with Gasteiger partial charge in [-0.15, -0.1) is 0 Å². The van der Waals surface area contributed by atoms with E-state index in [1.165, 1.54) is 36.2 Å². The Bertz CT molecular complexity index is 453. The number of hydrogen-bond acceptors (Lipinski definition) is 2. The summed E-state index contributed by atoms with van der Waals surface area (Å²) in [5.74, 6) is 1.69. The Hall–Kier alpha value is -0.860. The Morgan fingerprint density at radius 1 is 1.29 bits per heavy atom. The molecule has 0 aromatic heterocycles. The van der Waals surface area contributed by atoms with Crippen molar-refractivity contribution in [3.8, 4) is 0 Å². The maximum atomic E-state index is 3.70. The highest BCUT2D eigenvalue weighted by Crippen LogP contribution is 2.27. The average Bonchev–Trinajstić information content (AvgIpc) is 2.90. The molecule has 0 spiro atoms. The highest BCUT2D eigenvalue weighted by atomic mass is 15.2. The summed E-state index contributed by atoms with van der Waals surface area (Å²) in [6, 6.07) is 7.29. The average molecular weight is 288 g/mol.